The Kier molecular flexibility index (Phi) is 13.1. The quantitative estimate of drug-likeness (QED) is 0.211. The molecule has 0 spiro atoms. The minimum absolute atomic E-state index is 0.0453. The lowest BCUT2D eigenvalue weighted by atomic mass is 10.5. The molecule has 128 valence electrons. The van der Waals surface area contributed by atoms with Crippen molar-refractivity contribution in [3.63, 3.8) is 0 Å². The first-order valence-corrected chi connectivity index (χ1v) is 8.75. The SMILES string of the molecule is C#CCOCCC(=O)OCCOCCOCCOP(C)(=O)O. The number of carbonyl (C=O) groups excluding carboxylic acids is 1. The van der Waals surface area contributed by atoms with Gasteiger partial charge in [-0.25, -0.2) is 0 Å². The molecule has 0 radical (unpaired) electrons. The van der Waals surface area contributed by atoms with E-state index in [0.29, 0.717) is 13.2 Å². The van der Waals surface area contributed by atoms with Crippen molar-refractivity contribution in [3.05, 3.63) is 0 Å². The van der Waals surface area contributed by atoms with Crippen molar-refractivity contribution in [1.82, 2.24) is 0 Å². The minimum Gasteiger partial charge on any atom is -0.463 e. The fourth-order valence-electron chi connectivity index (χ4n) is 1.16. The molecule has 0 heterocycles. The molecule has 0 bridgehead atoms. The number of esters is 1. The molecule has 1 atom stereocenters. The lowest BCUT2D eigenvalue weighted by molar-refractivity contribution is -0.146. The van der Waals surface area contributed by atoms with Gasteiger partial charge in [0.2, 0.25) is 0 Å². The van der Waals surface area contributed by atoms with Gasteiger partial charge < -0.3 is 28.4 Å². The van der Waals surface area contributed by atoms with E-state index in [9.17, 15) is 9.36 Å². The van der Waals surface area contributed by atoms with Crippen LogP contribution in [0.1, 0.15) is 6.42 Å². The summed E-state index contributed by atoms with van der Waals surface area (Å²) in [5.74, 6) is 1.92. The summed E-state index contributed by atoms with van der Waals surface area (Å²) in [5, 5.41) is 0. The fraction of sp³-hybridized carbons (Fsp3) is 0.769. The Morgan fingerprint density at radius 3 is 2.23 bits per heavy atom. The summed E-state index contributed by atoms with van der Waals surface area (Å²) in [6.07, 6.45) is 5.13. The largest absolute Gasteiger partial charge is 0.463 e. The molecule has 0 fully saturated rings. The van der Waals surface area contributed by atoms with E-state index in [1.54, 1.807) is 0 Å². The summed E-state index contributed by atoms with van der Waals surface area (Å²) in [6.45, 7) is 2.82. The van der Waals surface area contributed by atoms with Gasteiger partial charge in [0.15, 0.2) is 0 Å². The Bertz CT molecular complexity index is 373. The van der Waals surface area contributed by atoms with Crippen LogP contribution in [-0.4, -0.2) is 70.4 Å². The number of hydrogen-bond donors (Lipinski definition) is 1. The number of rotatable bonds is 14. The summed E-state index contributed by atoms with van der Waals surface area (Å²) < 4.78 is 35.5. The van der Waals surface area contributed by atoms with E-state index in [2.05, 4.69) is 10.4 Å². The summed E-state index contributed by atoms with van der Waals surface area (Å²) in [5.41, 5.74) is 0. The van der Waals surface area contributed by atoms with Crippen LogP contribution in [0.5, 0.6) is 0 Å². The first kappa shape index (κ1) is 21.1. The summed E-state index contributed by atoms with van der Waals surface area (Å²) >= 11 is 0. The second-order valence-electron chi connectivity index (χ2n) is 4.09. The Balaban J connectivity index is 3.21. The zero-order valence-corrected chi connectivity index (χ0v) is 13.6. The van der Waals surface area contributed by atoms with Crippen molar-refractivity contribution in [2.24, 2.45) is 0 Å². The molecule has 0 aliphatic rings. The van der Waals surface area contributed by atoms with E-state index in [-0.39, 0.29) is 52.0 Å². The van der Waals surface area contributed by atoms with Crippen LogP contribution in [0.25, 0.3) is 0 Å². The maximum absolute atomic E-state index is 11.2. The molecule has 8 nitrogen and oxygen atoms in total. The van der Waals surface area contributed by atoms with Crippen LogP contribution in [-0.2, 0) is 32.8 Å². The van der Waals surface area contributed by atoms with E-state index >= 15 is 0 Å². The van der Waals surface area contributed by atoms with Gasteiger partial charge in [-0.3, -0.25) is 9.36 Å². The van der Waals surface area contributed by atoms with Crippen molar-refractivity contribution in [2.45, 2.75) is 6.42 Å². The van der Waals surface area contributed by atoms with E-state index in [4.69, 9.17) is 30.3 Å². The average molecular weight is 338 g/mol. The summed E-state index contributed by atoms with van der Waals surface area (Å²) in [7, 11) is -3.44. The van der Waals surface area contributed by atoms with Gasteiger partial charge in [-0.1, -0.05) is 5.92 Å². The lowest BCUT2D eigenvalue weighted by Crippen LogP contribution is -2.14. The van der Waals surface area contributed by atoms with Crippen LogP contribution in [0.4, 0.5) is 0 Å². The summed E-state index contributed by atoms with van der Waals surface area (Å²) in [6, 6.07) is 0. The smallest absolute Gasteiger partial charge is 0.325 e. The molecule has 0 saturated heterocycles. The molecule has 0 aromatic rings. The standard InChI is InChI=1S/C13H23O8P/c1-3-5-17-6-4-13(14)20-11-9-18-7-8-19-10-12-21-22(2,15)16/h1H,4-12H2,2H3,(H,15,16). The molecule has 0 saturated carbocycles. The van der Waals surface area contributed by atoms with Gasteiger partial charge >= 0.3 is 13.6 Å². The molecule has 1 unspecified atom stereocenters. The molecule has 9 heteroatoms. The summed E-state index contributed by atoms with van der Waals surface area (Å²) in [4.78, 5) is 20.0. The van der Waals surface area contributed by atoms with Crippen molar-refractivity contribution in [3.8, 4) is 12.3 Å². The number of ether oxygens (including phenoxy) is 4. The fourth-order valence-corrected chi connectivity index (χ4v) is 1.57. The van der Waals surface area contributed by atoms with E-state index < -0.39 is 7.60 Å². The minimum atomic E-state index is -3.44. The average Bonchev–Trinajstić information content (AvgIpc) is 2.44. The van der Waals surface area contributed by atoms with Crippen LogP contribution in [0.3, 0.4) is 0 Å². The number of hydrogen-bond acceptors (Lipinski definition) is 7. The second-order valence-corrected chi connectivity index (χ2v) is 5.95. The third kappa shape index (κ3) is 17.1. The highest BCUT2D eigenvalue weighted by Crippen LogP contribution is 2.35. The van der Waals surface area contributed by atoms with Gasteiger partial charge in [0.1, 0.15) is 13.2 Å². The van der Waals surface area contributed by atoms with Crippen molar-refractivity contribution < 1.29 is 37.7 Å². The molecule has 1 N–H and O–H groups in total. The third-order valence-corrected chi connectivity index (χ3v) is 2.72. The first-order chi connectivity index (χ1) is 10.5. The number of carbonyl (C=O) groups is 1. The monoisotopic (exact) mass is 338 g/mol. The molecule has 0 aromatic heterocycles. The van der Waals surface area contributed by atoms with Crippen molar-refractivity contribution >= 4 is 13.6 Å². The molecular weight excluding hydrogens is 315 g/mol. The Hall–Kier alpha value is -0.940. The zero-order valence-electron chi connectivity index (χ0n) is 12.7. The second kappa shape index (κ2) is 13.7. The molecule has 0 aliphatic heterocycles. The topological polar surface area (TPSA) is 101 Å². The van der Waals surface area contributed by atoms with Crippen LogP contribution in [0.2, 0.25) is 0 Å². The van der Waals surface area contributed by atoms with Crippen LogP contribution < -0.4 is 0 Å². The van der Waals surface area contributed by atoms with Gasteiger partial charge in [-0.05, 0) is 0 Å². The predicted molar refractivity (Wildman–Crippen MR) is 78.6 cm³/mol. The maximum Gasteiger partial charge on any atom is 0.325 e. The zero-order chi connectivity index (χ0) is 16.7. The lowest BCUT2D eigenvalue weighted by Gasteiger charge is -2.08. The Labute approximate surface area is 130 Å². The Morgan fingerprint density at radius 2 is 1.64 bits per heavy atom. The molecule has 0 rings (SSSR count). The molecule has 22 heavy (non-hydrogen) atoms. The van der Waals surface area contributed by atoms with E-state index in [1.807, 2.05) is 0 Å². The Morgan fingerprint density at radius 1 is 1.05 bits per heavy atom. The van der Waals surface area contributed by atoms with Crippen LogP contribution in [0.15, 0.2) is 0 Å². The molecular formula is C13H23O8P. The number of terminal acetylenes is 1. The van der Waals surface area contributed by atoms with Crippen molar-refractivity contribution in [1.29, 1.82) is 0 Å². The highest BCUT2D eigenvalue weighted by Gasteiger charge is 2.08. The van der Waals surface area contributed by atoms with E-state index in [1.165, 1.54) is 0 Å². The van der Waals surface area contributed by atoms with Gasteiger partial charge in [0.05, 0.1) is 46.1 Å². The third-order valence-electron chi connectivity index (χ3n) is 2.06. The maximum atomic E-state index is 11.2. The van der Waals surface area contributed by atoms with Crippen LogP contribution >= 0.6 is 7.60 Å². The molecule has 0 aromatic carbocycles. The predicted octanol–water partition coefficient (Wildman–Crippen LogP) is 0.434. The van der Waals surface area contributed by atoms with Crippen molar-refractivity contribution in [2.75, 3.05) is 59.5 Å². The first-order valence-electron chi connectivity index (χ1n) is 6.73. The van der Waals surface area contributed by atoms with Gasteiger partial charge in [-0.15, -0.1) is 6.42 Å². The van der Waals surface area contributed by atoms with Gasteiger partial charge in [0, 0.05) is 6.66 Å². The normalized spacial score (nSPS) is 13.3. The molecule has 0 aliphatic carbocycles. The van der Waals surface area contributed by atoms with Gasteiger partial charge in [-0.2, -0.15) is 0 Å². The van der Waals surface area contributed by atoms with Gasteiger partial charge in [0.25, 0.3) is 0 Å². The highest BCUT2D eigenvalue weighted by atomic mass is 31.2. The highest BCUT2D eigenvalue weighted by molar-refractivity contribution is 7.51. The molecule has 0 amide bonds. The van der Waals surface area contributed by atoms with Crippen LogP contribution in [0, 0.1) is 12.3 Å². The van der Waals surface area contributed by atoms with E-state index in [0.717, 1.165) is 6.66 Å².